The van der Waals surface area contributed by atoms with Gasteiger partial charge in [-0.1, -0.05) is 86.5 Å². The molecule has 0 bridgehead atoms. The van der Waals surface area contributed by atoms with Gasteiger partial charge in [-0.3, -0.25) is 0 Å². The number of hydrogen-bond donors (Lipinski definition) is 0. The summed E-state index contributed by atoms with van der Waals surface area (Å²) in [6.45, 7) is 27.7. The van der Waals surface area contributed by atoms with Crippen molar-refractivity contribution in [2.45, 2.75) is 344 Å². The van der Waals surface area contributed by atoms with E-state index in [1.807, 2.05) is 39.8 Å². The normalized spacial score (nSPS) is 12.6. The van der Waals surface area contributed by atoms with Gasteiger partial charge in [0.25, 0.3) is 0 Å². The molecule has 6 aromatic heterocycles. The van der Waals surface area contributed by atoms with Gasteiger partial charge in [-0.2, -0.15) is 0 Å². The van der Waals surface area contributed by atoms with Gasteiger partial charge in [0.15, 0.2) is 0 Å². The number of aryl methyl sites for hydroxylation is 8. The maximum atomic E-state index is 2.64. The second kappa shape index (κ2) is 44.5. The predicted octanol–water partition coefficient (Wildman–Crippen LogP) is 29.1. The molecule has 2 unspecified atom stereocenters. The van der Waals surface area contributed by atoms with Gasteiger partial charge in [0.2, 0.25) is 0 Å². The fraction of sp³-hybridized carbons (Fsp3) is 0.700. The minimum atomic E-state index is -2.13. The zero-order chi connectivity index (χ0) is 64.5. The van der Waals surface area contributed by atoms with Gasteiger partial charge in [0.05, 0.1) is 0 Å². The molecule has 88 heavy (non-hydrogen) atoms. The quantitative estimate of drug-likeness (QED) is 0.0264. The van der Waals surface area contributed by atoms with E-state index in [4.69, 9.17) is 0 Å². The standard InChI is InChI=1S/C33H55S2.C21H31S2.C20H30S2.6CH3.2Sn/c1-4-6-8-10-12-14-16-18-20-22-24-30-27-32(34-28-30)33-31(26-29(3)35-33)25-23-21-19-17-15-13-11-9-7-5-2;1-4-6-8-10-12-18-15-20(22-16-18)21-19(14-17(3)23-21)13-11-9-7-5-2;1-7-13(3)9-17-12-19(22-16(17)6)20-18(10-14(4)8-2)11-15(5)21-20;;;;;;;;/h26-27H,4-25H2,1-3H3;14-15H,4-13H2,1-3H3;11-14H,7-10H2,1-6H3;6*1H3;;. The number of unbranched alkanes of at least 4 members (excludes halogenated alkanes) is 24. The van der Waals surface area contributed by atoms with Crippen LogP contribution >= 0.6 is 68.0 Å². The van der Waals surface area contributed by atoms with Gasteiger partial charge in [0, 0.05) is 19.5 Å². The molecule has 0 aromatic carbocycles. The van der Waals surface area contributed by atoms with Crippen molar-refractivity contribution in [3.05, 3.63) is 89.3 Å². The number of thiophene rings is 6. The van der Waals surface area contributed by atoms with E-state index >= 15 is 0 Å². The Kier molecular flexibility index (Phi) is 40.6. The molecule has 6 aromatic rings. The third-order valence-corrected chi connectivity index (χ3v) is 44.7. The van der Waals surface area contributed by atoms with Crippen molar-refractivity contribution in [1.29, 1.82) is 0 Å². The zero-order valence-electron chi connectivity index (χ0n) is 60.5. The van der Waals surface area contributed by atoms with E-state index in [0.29, 0.717) is 0 Å². The van der Waals surface area contributed by atoms with Crippen molar-refractivity contribution in [3.8, 4) is 29.3 Å². The van der Waals surface area contributed by atoms with E-state index in [1.165, 1.54) is 260 Å². The average Bonchev–Trinajstić information content (AvgIpc) is 2.82. The Hall–Kier alpha value is -0.203. The Morgan fingerprint density at radius 3 is 0.886 bits per heavy atom. The first kappa shape index (κ1) is 80.2. The van der Waals surface area contributed by atoms with E-state index in [1.54, 1.807) is 52.9 Å². The van der Waals surface area contributed by atoms with Gasteiger partial charge in [-0.05, 0) is 61.8 Å². The SMILES string of the molecule is CCC(C)Cc1cc(-c2sc(C)cc2CC(C)CC)sc1C.CCCCCCCCCCCCc1cc(C)sc1-c1cc(CCCCCCCCCCCC)[c]([Sn]([CH3])([CH3])[CH3])s1.CCCCCCc1cc(C)sc1-c1cc(CCCCCC)[c]([Sn]([CH3])([CH3])[CH3])s1. The van der Waals surface area contributed by atoms with Crippen LogP contribution in [0.5, 0.6) is 0 Å². The van der Waals surface area contributed by atoms with E-state index in [-0.39, 0.29) is 0 Å². The second-order valence-corrected chi connectivity index (χ2v) is 66.9. The van der Waals surface area contributed by atoms with Crippen LogP contribution < -0.4 is 5.79 Å². The van der Waals surface area contributed by atoms with Crippen LogP contribution in [-0.2, 0) is 38.5 Å². The van der Waals surface area contributed by atoms with Crippen molar-refractivity contribution >= 4 is 111 Å². The third kappa shape index (κ3) is 29.8. The van der Waals surface area contributed by atoms with Crippen LogP contribution in [0.4, 0.5) is 0 Å². The van der Waals surface area contributed by atoms with Crippen molar-refractivity contribution in [2.24, 2.45) is 11.8 Å². The summed E-state index contributed by atoms with van der Waals surface area (Å²) in [5.74, 6) is 1.55. The summed E-state index contributed by atoms with van der Waals surface area (Å²) < 4.78 is 3.66. The molecule has 0 nitrogen and oxygen atoms in total. The second-order valence-electron chi connectivity index (χ2n) is 29.2. The van der Waals surface area contributed by atoms with Crippen molar-refractivity contribution < 1.29 is 0 Å². The molecule has 0 aliphatic carbocycles. The van der Waals surface area contributed by atoms with Gasteiger partial charge in [-0.25, -0.2) is 0 Å². The average molecular weight is 1530 g/mol. The molecular weight excluding hydrogens is 1390 g/mol. The summed E-state index contributed by atoms with van der Waals surface area (Å²) in [5, 5.41) is 0. The molecule has 0 N–H and O–H groups in total. The molecule has 0 saturated carbocycles. The Morgan fingerprint density at radius 1 is 0.295 bits per heavy atom. The van der Waals surface area contributed by atoms with Crippen LogP contribution in [-0.4, -0.2) is 36.8 Å². The fourth-order valence-electron chi connectivity index (χ4n) is 12.5. The molecule has 0 spiro atoms. The maximum absolute atomic E-state index is 2.64. The molecule has 0 aliphatic rings. The molecule has 0 radical (unpaired) electrons. The van der Waals surface area contributed by atoms with E-state index in [2.05, 4.69) is 183 Å². The molecular formula is C80H134S6Sn2. The van der Waals surface area contributed by atoms with E-state index in [9.17, 15) is 0 Å². The molecule has 6 heterocycles. The predicted molar refractivity (Wildman–Crippen MR) is 421 cm³/mol. The van der Waals surface area contributed by atoms with Gasteiger partial charge < -0.3 is 0 Å². The Balaban J connectivity index is 0.000000296. The number of hydrogen-bond acceptors (Lipinski definition) is 6. The summed E-state index contributed by atoms with van der Waals surface area (Å²) in [6, 6.07) is 15.1. The topological polar surface area (TPSA) is 0 Å². The Bertz CT molecular complexity index is 2750. The van der Waals surface area contributed by atoms with Crippen LogP contribution in [0.15, 0.2) is 36.4 Å². The summed E-state index contributed by atoms with van der Waals surface area (Å²) in [7, 11) is 0. The third-order valence-electron chi connectivity index (χ3n) is 18.2. The monoisotopic (exact) mass is 1530 g/mol. The van der Waals surface area contributed by atoms with Crippen molar-refractivity contribution in [2.75, 3.05) is 0 Å². The molecule has 6 rings (SSSR count). The summed E-state index contributed by atoms with van der Waals surface area (Å²) in [6.07, 6.45) is 49.5. The van der Waals surface area contributed by atoms with Crippen molar-refractivity contribution in [1.82, 2.24) is 0 Å². The molecule has 0 saturated heterocycles. The molecule has 8 heteroatoms. The molecule has 0 fully saturated rings. The fourth-order valence-corrected chi connectivity index (χ4v) is 33.5. The van der Waals surface area contributed by atoms with Crippen LogP contribution in [0.25, 0.3) is 29.3 Å². The first-order chi connectivity index (χ1) is 42.2. The number of rotatable bonds is 43. The van der Waals surface area contributed by atoms with E-state index in [0.717, 1.165) is 11.8 Å². The molecule has 2 atom stereocenters. The Labute approximate surface area is 578 Å². The van der Waals surface area contributed by atoms with Gasteiger partial charge in [-0.15, -0.1) is 22.7 Å². The van der Waals surface area contributed by atoms with Crippen molar-refractivity contribution in [3.63, 3.8) is 0 Å². The molecule has 0 aliphatic heterocycles. The van der Waals surface area contributed by atoms with Crippen LogP contribution in [0.2, 0.25) is 29.6 Å². The van der Waals surface area contributed by atoms with E-state index < -0.39 is 36.8 Å². The van der Waals surface area contributed by atoms with Gasteiger partial charge >= 0.3 is 394 Å². The summed E-state index contributed by atoms with van der Waals surface area (Å²) in [4.78, 5) is 31.0. The minimum absolute atomic E-state index is 0.772. The zero-order valence-corrected chi connectivity index (χ0v) is 71.1. The molecule has 498 valence electrons. The first-order valence-corrected chi connectivity index (χ1v) is 61.7. The van der Waals surface area contributed by atoms with Crippen LogP contribution in [0.3, 0.4) is 0 Å². The molecule has 0 amide bonds. The van der Waals surface area contributed by atoms with Gasteiger partial charge in [0.1, 0.15) is 0 Å². The van der Waals surface area contributed by atoms with Crippen LogP contribution in [0.1, 0.15) is 301 Å². The van der Waals surface area contributed by atoms with Crippen LogP contribution in [0, 0.1) is 39.5 Å². The first-order valence-electron chi connectivity index (χ1n) is 36.8. The summed E-state index contributed by atoms with van der Waals surface area (Å²) >= 11 is 8.21. The Morgan fingerprint density at radius 2 is 0.557 bits per heavy atom. The summed E-state index contributed by atoms with van der Waals surface area (Å²) in [5.41, 5.74) is 9.82.